The predicted molar refractivity (Wildman–Crippen MR) is 103 cm³/mol. The highest BCUT2D eigenvalue weighted by Crippen LogP contribution is 2.21. The lowest BCUT2D eigenvalue weighted by molar-refractivity contribution is 0.0951. The van der Waals surface area contributed by atoms with Crippen molar-refractivity contribution in [2.45, 2.75) is 6.54 Å². The molecule has 134 valence electrons. The Morgan fingerprint density at radius 2 is 2.00 bits per heavy atom. The van der Waals surface area contributed by atoms with E-state index in [0.717, 1.165) is 28.0 Å². The fourth-order valence-corrected chi connectivity index (χ4v) is 2.89. The van der Waals surface area contributed by atoms with Crippen molar-refractivity contribution in [1.29, 1.82) is 0 Å². The van der Waals surface area contributed by atoms with E-state index < -0.39 is 0 Å². The smallest absolute Gasteiger partial charge is 0.251 e. The molecule has 2 heterocycles. The molecule has 6 nitrogen and oxygen atoms in total. The molecule has 0 fully saturated rings. The summed E-state index contributed by atoms with van der Waals surface area (Å²) in [6, 6.07) is 17.0. The highest BCUT2D eigenvalue weighted by atomic mass is 16.5. The number of rotatable bonds is 5. The predicted octanol–water partition coefficient (Wildman–Crippen LogP) is 3.36. The van der Waals surface area contributed by atoms with E-state index in [1.165, 1.54) is 0 Å². The maximum Gasteiger partial charge on any atom is 0.251 e. The standard InChI is InChI=1S/C21H18N4O2/c1-27-18-7-5-17(6-8-18)25-14-24-19-11-16(4-9-20(19)25)21(26)23-13-15-3-2-10-22-12-15/h2-12,14H,13H2,1H3,(H,23,26). The average Bonchev–Trinajstić information content (AvgIpc) is 3.16. The van der Waals surface area contributed by atoms with Crippen molar-refractivity contribution < 1.29 is 9.53 Å². The van der Waals surface area contributed by atoms with E-state index in [4.69, 9.17) is 4.74 Å². The van der Waals surface area contributed by atoms with Crippen LogP contribution in [0.5, 0.6) is 5.75 Å². The first-order valence-corrected chi connectivity index (χ1v) is 8.53. The van der Waals surface area contributed by atoms with Gasteiger partial charge < -0.3 is 10.1 Å². The van der Waals surface area contributed by atoms with Crippen molar-refractivity contribution in [2.75, 3.05) is 7.11 Å². The second-order valence-electron chi connectivity index (χ2n) is 6.06. The molecule has 2 aromatic heterocycles. The van der Waals surface area contributed by atoms with Crippen LogP contribution in [0.2, 0.25) is 0 Å². The number of ether oxygens (including phenoxy) is 1. The zero-order valence-corrected chi connectivity index (χ0v) is 14.8. The highest BCUT2D eigenvalue weighted by Gasteiger charge is 2.10. The molecular formula is C21H18N4O2. The molecule has 1 amide bonds. The Balaban J connectivity index is 1.55. The third kappa shape index (κ3) is 3.50. The molecular weight excluding hydrogens is 340 g/mol. The second-order valence-corrected chi connectivity index (χ2v) is 6.06. The summed E-state index contributed by atoms with van der Waals surface area (Å²) in [6.07, 6.45) is 5.20. The summed E-state index contributed by atoms with van der Waals surface area (Å²) in [4.78, 5) is 20.9. The van der Waals surface area contributed by atoms with Crippen molar-refractivity contribution in [1.82, 2.24) is 19.9 Å². The lowest BCUT2D eigenvalue weighted by Crippen LogP contribution is -2.22. The summed E-state index contributed by atoms with van der Waals surface area (Å²) in [6.45, 7) is 0.436. The van der Waals surface area contributed by atoms with Crippen LogP contribution in [0, 0.1) is 0 Å². The van der Waals surface area contributed by atoms with Crippen LogP contribution in [0.4, 0.5) is 0 Å². The zero-order chi connectivity index (χ0) is 18.6. The molecule has 0 radical (unpaired) electrons. The monoisotopic (exact) mass is 358 g/mol. The minimum atomic E-state index is -0.139. The van der Waals surface area contributed by atoms with E-state index >= 15 is 0 Å². The molecule has 6 heteroatoms. The van der Waals surface area contributed by atoms with Gasteiger partial charge in [-0.25, -0.2) is 4.98 Å². The van der Waals surface area contributed by atoms with Gasteiger partial charge in [-0.1, -0.05) is 6.07 Å². The van der Waals surface area contributed by atoms with Gasteiger partial charge in [-0.3, -0.25) is 14.3 Å². The van der Waals surface area contributed by atoms with E-state index in [1.807, 2.05) is 53.1 Å². The second kappa shape index (κ2) is 7.29. The highest BCUT2D eigenvalue weighted by molar-refractivity contribution is 5.97. The minimum Gasteiger partial charge on any atom is -0.497 e. The number of nitrogens with one attached hydrogen (secondary N) is 1. The Morgan fingerprint density at radius 1 is 1.15 bits per heavy atom. The Hall–Kier alpha value is -3.67. The number of carbonyl (C=O) groups excluding carboxylic acids is 1. The Bertz CT molecular complexity index is 1070. The lowest BCUT2D eigenvalue weighted by atomic mass is 10.1. The van der Waals surface area contributed by atoms with Gasteiger partial charge in [0.05, 0.1) is 18.1 Å². The van der Waals surface area contributed by atoms with E-state index in [9.17, 15) is 4.79 Å². The average molecular weight is 358 g/mol. The summed E-state index contributed by atoms with van der Waals surface area (Å²) in [5, 5.41) is 2.90. The molecule has 0 aliphatic rings. The van der Waals surface area contributed by atoms with E-state index in [0.29, 0.717) is 12.1 Å². The van der Waals surface area contributed by atoms with Gasteiger partial charge in [0.2, 0.25) is 0 Å². The van der Waals surface area contributed by atoms with Gasteiger partial charge in [-0.15, -0.1) is 0 Å². The summed E-state index contributed by atoms with van der Waals surface area (Å²) in [5.74, 6) is 0.662. The van der Waals surface area contributed by atoms with Gasteiger partial charge in [-0.2, -0.15) is 0 Å². The van der Waals surface area contributed by atoms with Crippen LogP contribution in [-0.2, 0) is 6.54 Å². The molecule has 0 unspecified atom stereocenters. The number of imidazole rings is 1. The maximum absolute atomic E-state index is 12.4. The van der Waals surface area contributed by atoms with Gasteiger partial charge in [0, 0.05) is 30.2 Å². The zero-order valence-electron chi connectivity index (χ0n) is 14.8. The number of carbonyl (C=O) groups is 1. The first-order valence-electron chi connectivity index (χ1n) is 8.53. The molecule has 0 aliphatic carbocycles. The number of hydrogen-bond donors (Lipinski definition) is 1. The van der Waals surface area contributed by atoms with Crippen LogP contribution >= 0.6 is 0 Å². The minimum absolute atomic E-state index is 0.139. The van der Waals surface area contributed by atoms with Gasteiger partial charge in [-0.05, 0) is 54.1 Å². The van der Waals surface area contributed by atoms with E-state index in [2.05, 4.69) is 15.3 Å². The van der Waals surface area contributed by atoms with Crippen LogP contribution in [-0.4, -0.2) is 27.6 Å². The van der Waals surface area contributed by atoms with Crippen molar-refractivity contribution >= 4 is 16.9 Å². The Labute approximate surface area is 156 Å². The third-order valence-electron chi connectivity index (χ3n) is 4.34. The molecule has 4 aromatic rings. The van der Waals surface area contributed by atoms with Gasteiger partial charge in [0.1, 0.15) is 12.1 Å². The number of fused-ring (bicyclic) bond motifs is 1. The summed E-state index contributed by atoms with van der Waals surface area (Å²) < 4.78 is 7.18. The number of pyridine rings is 1. The number of nitrogens with zero attached hydrogens (tertiary/aromatic N) is 3. The molecule has 27 heavy (non-hydrogen) atoms. The molecule has 0 saturated heterocycles. The summed E-state index contributed by atoms with van der Waals surface area (Å²) in [5.41, 5.74) is 4.21. The SMILES string of the molecule is COc1ccc(-n2cnc3cc(C(=O)NCc4cccnc4)ccc32)cc1. The topological polar surface area (TPSA) is 69.0 Å². The number of methoxy groups -OCH3 is 1. The first-order chi connectivity index (χ1) is 13.2. The van der Waals surface area contributed by atoms with Crippen molar-refractivity contribution in [3.8, 4) is 11.4 Å². The molecule has 4 rings (SSSR count). The van der Waals surface area contributed by atoms with E-state index in [1.54, 1.807) is 31.9 Å². The van der Waals surface area contributed by atoms with Crippen LogP contribution in [0.25, 0.3) is 16.7 Å². The lowest BCUT2D eigenvalue weighted by Gasteiger charge is -2.07. The largest absolute Gasteiger partial charge is 0.497 e. The van der Waals surface area contributed by atoms with Crippen LogP contribution < -0.4 is 10.1 Å². The van der Waals surface area contributed by atoms with Gasteiger partial charge in [0.15, 0.2) is 0 Å². The number of hydrogen-bond acceptors (Lipinski definition) is 4. The summed E-state index contributed by atoms with van der Waals surface area (Å²) in [7, 11) is 1.64. The molecule has 0 saturated carbocycles. The van der Waals surface area contributed by atoms with E-state index in [-0.39, 0.29) is 5.91 Å². The van der Waals surface area contributed by atoms with Crippen molar-refractivity contribution in [2.24, 2.45) is 0 Å². The molecule has 1 N–H and O–H groups in total. The van der Waals surface area contributed by atoms with Crippen molar-refractivity contribution in [3.63, 3.8) is 0 Å². The quantitative estimate of drug-likeness (QED) is 0.594. The number of aromatic nitrogens is 3. The van der Waals surface area contributed by atoms with Gasteiger partial charge in [0.25, 0.3) is 5.91 Å². The van der Waals surface area contributed by atoms with Gasteiger partial charge >= 0.3 is 0 Å². The van der Waals surface area contributed by atoms with Crippen LogP contribution in [0.1, 0.15) is 15.9 Å². The first kappa shape index (κ1) is 16.8. The normalized spacial score (nSPS) is 10.7. The van der Waals surface area contributed by atoms with Crippen LogP contribution in [0.3, 0.4) is 0 Å². The molecule has 0 bridgehead atoms. The molecule has 0 spiro atoms. The maximum atomic E-state index is 12.4. The number of benzene rings is 2. The molecule has 0 atom stereocenters. The molecule has 0 aliphatic heterocycles. The Morgan fingerprint density at radius 3 is 2.74 bits per heavy atom. The number of amides is 1. The molecule has 2 aromatic carbocycles. The Kier molecular flexibility index (Phi) is 4.53. The summed E-state index contributed by atoms with van der Waals surface area (Å²) >= 11 is 0. The fraction of sp³-hybridized carbons (Fsp3) is 0.0952. The third-order valence-corrected chi connectivity index (χ3v) is 4.34. The van der Waals surface area contributed by atoms with Crippen molar-refractivity contribution in [3.05, 3.63) is 84.4 Å². The fourth-order valence-electron chi connectivity index (χ4n) is 2.89. The van der Waals surface area contributed by atoms with Crippen LogP contribution in [0.15, 0.2) is 73.3 Å².